The predicted octanol–water partition coefficient (Wildman–Crippen LogP) is 1.80. The summed E-state index contributed by atoms with van der Waals surface area (Å²) in [6.07, 6.45) is 1.00. The molecule has 3 aliphatic heterocycles. The summed E-state index contributed by atoms with van der Waals surface area (Å²) < 4.78 is 23.8. The van der Waals surface area contributed by atoms with E-state index in [1.54, 1.807) is 0 Å². The van der Waals surface area contributed by atoms with Crippen molar-refractivity contribution in [3.63, 3.8) is 0 Å². The van der Waals surface area contributed by atoms with Crippen molar-refractivity contribution in [2.75, 3.05) is 6.61 Å². The van der Waals surface area contributed by atoms with Gasteiger partial charge in [-0.25, -0.2) is 0 Å². The van der Waals surface area contributed by atoms with Crippen molar-refractivity contribution in [2.24, 2.45) is 0 Å². The Balaban J connectivity index is 1.66. The van der Waals surface area contributed by atoms with Gasteiger partial charge in [0.15, 0.2) is 11.6 Å². The van der Waals surface area contributed by atoms with Gasteiger partial charge in [-0.05, 0) is 39.8 Å². The maximum atomic E-state index is 10.8. The maximum Gasteiger partial charge on any atom is 0.163 e. The fraction of sp³-hybridized carbons (Fsp3) is 0.750. The van der Waals surface area contributed by atoms with E-state index in [4.69, 9.17) is 18.9 Å². The number of hydrogen-bond acceptors (Lipinski definition) is 6. The van der Waals surface area contributed by atoms with Crippen LogP contribution in [0.1, 0.15) is 39.4 Å². The lowest BCUT2D eigenvalue weighted by Crippen LogP contribution is -2.47. The monoisotopic (exact) mass is 324 g/mol. The van der Waals surface area contributed by atoms with Crippen LogP contribution in [0, 0.1) is 0 Å². The molecule has 0 spiro atoms. The molecule has 0 aromatic carbocycles. The summed E-state index contributed by atoms with van der Waals surface area (Å²) in [6, 6.07) is 3.17. The number of rotatable bonds is 2. The van der Waals surface area contributed by atoms with Gasteiger partial charge in [-0.15, -0.1) is 0 Å². The Labute approximate surface area is 135 Å². The molecule has 7 nitrogen and oxygen atoms in total. The molecule has 0 radical (unpaired) electrons. The molecule has 128 valence electrons. The third-order valence-corrected chi connectivity index (χ3v) is 4.75. The van der Waals surface area contributed by atoms with E-state index in [1.807, 2.05) is 46.0 Å². The molecule has 0 amide bonds. The lowest BCUT2D eigenvalue weighted by Gasteiger charge is -2.31. The average molecular weight is 324 g/mol. The average Bonchev–Trinajstić information content (AvgIpc) is 3.15. The molecular weight excluding hydrogens is 300 g/mol. The number of aromatic nitrogens is 1. The summed E-state index contributed by atoms with van der Waals surface area (Å²) in [5.74, 6) is -1.34. The number of nitrogens with one attached hydrogen (secondary N) is 1. The number of ether oxygens (including phenoxy) is 4. The Hall–Kier alpha value is -0.960. The van der Waals surface area contributed by atoms with E-state index in [1.165, 1.54) is 5.06 Å². The molecule has 4 heterocycles. The summed E-state index contributed by atoms with van der Waals surface area (Å²) in [7, 11) is 0. The minimum atomic E-state index is -0.686. The van der Waals surface area contributed by atoms with Crippen molar-refractivity contribution in [2.45, 2.75) is 69.7 Å². The van der Waals surface area contributed by atoms with Gasteiger partial charge >= 0.3 is 0 Å². The van der Waals surface area contributed by atoms with E-state index in [0.29, 0.717) is 6.61 Å². The Kier molecular flexibility index (Phi) is 3.39. The molecule has 3 saturated heterocycles. The third kappa shape index (κ3) is 2.52. The molecule has 1 aromatic heterocycles. The molecule has 7 heteroatoms. The lowest BCUT2D eigenvalue weighted by atomic mass is 10.0. The van der Waals surface area contributed by atoms with Crippen LogP contribution in [0.25, 0.3) is 0 Å². The van der Waals surface area contributed by atoms with Gasteiger partial charge in [-0.3, -0.25) is 0 Å². The molecule has 2 N–H and O–H groups in total. The van der Waals surface area contributed by atoms with Crippen molar-refractivity contribution in [1.29, 1.82) is 0 Å². The third-order valence-electron chi connectivity index (χ3n) is 4.75. The van der Waals surface area contributed by atoms with Crippen LogP contribution in [0.15, 0.2) is 18.3 Å². The molecule has 3 aliphatic rings. The largest absolute Gasteiger partial charge is 0.364 e. The summed E-state index contributed by atoms with van der Waals surface area (Å²) in [4.78, 5) is 3.17. The van der Waals surface area contributed by atoms with E-state index in [-0.39, 0.29) is 30.4 Å². The standard InChI is InChI=1S/C16H24N2O5/c1-15(2)20-8-10(21-15)12-14-13(22-16(3,4)23-14)11(18(12)19)9-6-5-7-17-9/h5-7,10-14,17,19H,8H2,1-4H3/t10?,11-,12+,13-,14+/m1/s1. The fourth-order valence-electron chi connectivity index (χ4n) is 3.93. The molecule has 1 aromatic rings. The molecule has 1 unspecified atom stereocenters. The van der Waals surface area contributed by atoms with Crippen LogP contribution in [-0.4, -0.2) is 57.8 Å². The minimum absolute atomic E-state index is 0.272. The van der Waals surface area contributed by atoms with Crippen LogP contribution in [0.5, 0.6) is 0 Å². The first-order valence-corrected chi connectivity index (χ1v) is 8.05. The van der Waals surface area contributed by atoms with Gasteiger partial charge in [0, 0.05) is 11.9 Å². The number of hydrogen-bond donors (Lipinski definition) is 2. The summed E-state index contributed by atoms with van der Waals surface area (Å²) in [6.45, 7) is 7.95. The predicted molar refractivity (Wildman–Crippen MR) is 79.7 cm³/mol. The minimum Gasteiger partial charge on any atom is -0.364 e. The molecule has 0 saturated carbocycles. The molecule has 0 aliphatic carbocycles. The zero-order valence-corrected chi connectivity index (χ0v) is 13.9. The maximum absolute atomic E-state index is 10.8. The van der Waals surface area contributed by atoms with E-state index < -0.39 is 11.6 Å². The normalized spacial score (nSPS) is 42.2. The van der Waals surface area contributed by atoms with Gasteiger partial charge in [0.05, 0.1) is 12.6 Å². The van der Waals surface area contributed by atoms with Crippen molar-refractivity contribution < 1.29 is 24.2 Å². The lowest BCUT2D eigenvalue weighted by molar-refractivity contribution is -0.236. The Bertz CT molecular complexity index is 573. The quantitative estimate of drug-likeness (QED) is 0.864. The topological polar surface area (TPSA) is 76.2 Å². The van der Waals surface area contributed by atoms with Crippen LogP contribution < -0.4 is 0 Å². The van der Waals surface area contributed by atoms with Crippen LogP contribution in [0.4, 0.5) is 0 Å². The SMILES string of the molecule is CC1(C)OCC([C@H]2[C@@H]3OC(C)(C)O[C@@H]3[C@@H](c3ccc[nH]3)N2O)O1. The molecule has 0 bridgehead atoms. The van der Waals surface area contributed by atoms with Gasteiger partial charge < -0.3 is 29.1 Å². The first kappa shape index (κ1) is 15.6. The Morgan fingerprint density at radius 2 is 1.87 bits per heavy atom. The summed E-state index contributed by atoms with van der Waals surface area (Å²) in [5.41, 5.74) is 0.893. The molecular formula is C16H24N2O5. The Morgan fingerprint density at radius 3 is 2.48 bits per heavy atom. The number of aromatic amines is 1. The van der Waals surface area contributed by atoms with Crippen molar-refractivity contribution in [3.8, 4) is 0 Å². The number of H-pyrrole nitrogens is 1. The van der Waals surface area contributed by atoms with Gasteiger partial charge in [-0.1, -0.05) is 0 Å². The fourth-order valence-corrected chi connectivity index (χ4v) is 3.93. The Morgan fingerprint density at radius 1 is 1.13 bits per heavy atom. The van der Waals surface area contributed by atoms with Gasteiger partial charge in [0.2, 0.25) is 0 Å². The second-order valence-corrected chi connectivity index (χ2v) is 7.37. The summed E-state index contributed by atoms with van der Waals surface area (Å²) >= 11 is 0. The van der Waals surface area contributed by atoms with Gasteiger partial charge in [-0.2, -0.15) is 5.06 Å². The molecule has 3 fully saturated rings. The first-order valence-electron chi connectivity index (χ1n) is 8.05. The first-order chi connectivity index (χ1) is 10.8. The van der Waals surface area contributed by atoms with Gasteiger partial charge in [0.25, 0.3) is 0 Å². The second-order valence-electron chi connectivity index (χ2n) is 7.37. The van der Waals surface area contributed by atoms with E-state index in [0.717, 1.165) is 5.69 Å². The summed E-state index contributed by atoms with van der Waals surface area (Å²) in [5, 5.41) is 12.2. The van der Waals surface area contributed by atoms with Gasteiger partial charge in [0.1, 0.15) is 24.4 Å². The molecule has 5 atom stereocenters. The number of fused-ring (bicyclic) bond motifs is 1. The smallest absolute Gasteiger partial charge is 0.163 e. The highest BCUT2D eigenvalue weighted by Gasteiger charge is 2.62. The van der Waals surface area contributed by atoms with Crippen LogP contribution in [0.2, 0.25) is 0 Å². The van der Waals surface area contributed by atoms with Crippen LogP contribution >= 0.6 is 0 Å². The highest BCUT2D eigenvalue weighted by molar-refractivity contribution is 5.18. The van der Waals surface area contributed by atoms with Crippen molar-refractivity contribution >= 4 is 0 Å². The number of hydroxylamine groups is 2. The van der Waals surface area contributed by atoms with Crippen LogP contribution in [0.3, 0.4) is 0 Å². The zero-order valence-electron chi connectivity index (χ0n) is 13.9. The zero-order chi connectivity index (χ0) is 16.4. The van der Waals surface area contributed by atoms with E-state index in [2.05, 4.69) is 4.98 Å². The van der Waals surface area contributed by atoms with Crippen molar-refractivity contribution in [3.05, 3.63) is 24.0 Å². The van der Waals surface area contributed by atoms with Crippen LogP contribution in [-0.2, 0) is 18.9 Å². The highest BCUT2D eigenvalue weighted by atomic mass is 16.8. The number of nitrogens with zero attached hydrogens (tertiary/aromatic N) is 1. The molecule has 4 rings (SSSR count). The second kappa shape index (κ2) is 5.02. The van der Waals surface area contributed by atoms with E-state index in [9.17, 15) is 5.21 Å². The molecule has 23 heavy (non-hydrogen) atoms. The van der Waals surface area contributed by atoms with E-state index >= 15 is 0 Å². The van der Waals surface area contributed by atoms with Crippen molar-refractivity contribution in [1.82, 2.24) is 10.0 Å². The highest BCUT2D eigenvalue weighted by Crippen LogP contribution is 2.48.